The summed E-state index contributed by atoms with van der Waals surface area (Å²) in [6.07, 6.45) is 0. The number of methoxy groups -OCH3 is 2. The van der Waals surface area contributed by atoms with Crippen LogP contribution >= 0.6 is 11.6 Å². The summed E-state index contributed by atoms with van der Waals surface area (Å²) in [5.74, 6) is 0.144. The first-order valence-corrected chi connectivity index (χ1v) is 10.4. The van der Waals surface area contributed by atoms with Gasteiger partial charge in [-0.1, -0.05) is 30.7 Å². The zero-order valence-corrected chi connectivity index (χ0v) is 17.5. The zero-order valence-electron chi connectivity index (χ0n) is 15.9. The lowest BCUT2D eigenvalue weighted by Gasteiger charge is -2.21. The van der Waals surface area contributed by atoms with Gasteiger partial charge in [0.05, 0.1) is 20.8 Å². The molecule has 0 radical (unpaired) electrons. The lowest BCUT2D eigenvalue weighted by Crippen LogP contribution is -2.40. The maximum atomic E-state index is 13.1. The van der Waals surface area contributed by atoms with Gasteiger partial charge in [-0.15, -0.1) is 0 Å². The van der Waals surface area contributed by atoms with Crippen LogP contribution in [0.25, 0.3) is 0 Å². The van der Waals surface area contributed by atoms with Crippen molar-refractivity contribution in [2.75, 3.05) is 27.3 Å². The third-order valence-electron chi connectivity index (χ3n) is 4.06. The zero-order chi connectivity index (χ0) is 20.7. The summed E-state index contributed by atoms with van der Waals surface area (Å²) in [4.78, 5) is 12.3. The first-order chi connectivity index (χ1) is 13.3. The average molecular weight is 427 g/mol. The number of benzene rings is 2. The third kappa shape index (κ3) is 5.37. The van der Waals surface area contributed by atoms with Gasteiger partial charge in [-0.05, 0) is 29.8 Å². The van der Waals surface area contributed by atoms with E-state index in [0.717, 1.165) is 9.87 Å². The average Bonchev–Trinajstić information content (AvgIpc) is 2.70. The molecule has 0 aliphatic rings. The van der Waals surface area contributed by atoms with Crippen molar-refractivity contribution in [1.82, 2.24) is 9.62 Å². The lowest BCUT2D eigenvalue weighted by molar-refractivity contribution is -0.121. The Kier molecular flexibility index (Phi) is 7.68. The van der Waals surface area contributed by atoms with Crippen LogP contribution in [0.2, 0.25) is 5.02 Å². The van der Waals surface area contributed by atoms with E-state index in [0.29, 0.717) is 10.8 Å². The highest BCUT2D eigenvalue weighted by atomic mass is 35.5. The van der Waals surface area contributed by atoms with Crippen LogP contribution in [0, 0.1) is 0 Å². The van der Waals surface area contributed by atoms with E-state index in [-0.39, 0.29) is 30.3 Å². The maximum Gasteiger partial charge on any atom is 0.247 e. The summed E-state index contributed by atoms with van der Waals surface area (Å²) in [6, 6.07) is 11.5. The van der Waals surface area contributed by atoms with Gasteiger partial charge in [0.25, 0.3) is 0 Å². The number of carbonyl (C=O) groups is 1. The van der Waals surface area contributed by atoms with Crippen molar-refractivity contribution < 1.29 is 22.7 Å². The number of ether oxygens (including phenoxy) is 2. The molecule has 0 saturated heterocycles. The maximum absolute atomic E-state index is 13.1. The predicted molar refractivity (Wildman–Crippen MR) is 107 cm³/mol. The van der Waals surface area contributed by atoms with Gasteiger partial charge in [-0.3, -0.25) is 4.79 Å². The fourth-order valence-electron chi connectivity index (χ4n) is 2.51. The van der Waals surface area contributed by atoms with Gasteiger partial charge in [0.15, 0.2) is 0 Å². The minimum absolute atomic E-state index is 0.0540. The summed E-state index contributed by atoms with van der Waals surface area (Å²) in [5.41, 5.74) is 0.859. The van der Waals surface area contributed by atoms with Gasteiger partial charge < -0.3 is 14.8 Å². The summed E-state index contributed by atoms with van der Waals surface area (Å²) in [6.45, 7) is 1.75. The van der Waals surface area contributed by atoms with Gasteiger partial charge in [-0.25, -0.2) is 8.42 Å². The van der Waals surface area contributed by atoms with Crippen molar-refractivity contribution in [2.24, 2.45) is 0 Å². The minimum atomic E-state index is -3.96. The van der Waals surface area contributed by atoms with E-state index >= 15 is 0 Å². The minimum Gasteiger partial charge on any atom is -0.497 e. The Hall–Kier alpha value is -2.29. The number of amides is 1. The molecule has 0 fully saturated rings. The van der Waals surface area contributed by atoms with Crippen LogP contribution in [0.1, 0.15) is 12.5 Å². The van der Waals surface area contributed by atoms with E-state index in [1.807, 2.05) is 0 Å². The number of rotatable bonds is 9. The van der Waals surface area contributed by atoms with Gasteiger partial charge in [0, 0.05) is 24.2 Å². The van der Waals surface area contributed by atoms with Crippen molar-refractivity contribution in [2.45, 2.75) is 18.4 Å². The smallest absolute Gasteiger partial charge is 0.247 e. The summed E-state index contributed by atoms with van der Waals surface area (Å²) in [5, 5.41) is 3.32. The number of hydrogen-bond donors (Lipinski definition) is 1. The van der Waals surface area contributed by atoms with Crippen LogP contribution in [-0.2, 0) is 21.4 Å². The van der Waals surface area contributed by atoms with Crippen LogP contribution in [0.15, 0.2) is 47.4 Å². The molecule has 7 nitrogen and oxygen atoms in total. The lowest BCUT2D eigenvalue weighted by atomic mass is 10.2. The van der Waals surface area contributed by atoms with Crippen molar-refractivity contribution in [1.29, 1.82) is 0 Å². The van der Waals surface area contributed by atoms with E-state index < -0.39 is 15.9 Å². The second-order valence-electron chi connectivity index (χ2n) is 5.85. The van der Waals surface area contributed by atoms with E-state index in [4.69, 9.17) is 21.1 Å². The van der Waals surface area contributed by atoms with Gasteiger partial charge in [0.1, 0.15) is 16.4 Å². The number of sulfonamides is 1. The molecule has 0 bridgehead atoms. The number of nitrogens with one attached hydrogen (secondary N) is 1. The van der Waals surface area contributed by atoms with Gasteiger partial charge >= 0.3 is 0 Å². The molecular formula is C19H23ClN2O5S. The molecule has 0 unspecified atom stereocenters. The highest BCUT2D eigenvalue weighted by Gasteiger charge is 2.29. The predicted octanol–water partition coefficient (Wildman–Crippen LogP) is 2.68. The van der Waals surface area contributed by atoms with E-state index in [1.165, 1.54) is 26.4 Å². The molecule has 0 aliphatic carbocycles. The quantitative estimate of drug-likeness (QED) is 0.666. The Bertz CT molecular complexity index is 916. The Labute approximate surface area is 170 Å². The van der Waals surface area contributed by atoms with Crippen LogP contribution in [-0.4, -0.2) is 45.9 Å². The molecule has 9 heteroatoms. The molecule has 1 N–H and O–H groups in total. The Morgan fingerprint density at radius 3 is 2.36 bits per heavy atom. The molecule has 2 aromatic rings. The first kappa shape index (κ1) is 22.0. The summed E-state index contributed by atoms with van der Waals surface area (Å²) < 4.78 is 37.5. The highest BCUT2D eigenvalue weighted by Crippen LogP contribution is 2.30. The molecule has 0 saturated carbocycles. The van der Waals surface area contributed by atoms with Gasteiger partial charge in [-0.2, -0.15) is 4.31 Å². The Balaban J connectivity index is 2.14. The van der Waals surface area contributed by atoms with E-state index in [2.05, 4.69) is 5.32 Å². The Morgan fingerprint density at radius 2 is 1.79 bits per heavy atom. The van der Waals surface area contributed by atoms with Crippen molar-refractivity contribution in [3.8, 4) is 11.5 Å². The third-order valence-corrected chi connectivity index (χ3v) is 6.26. The summed E-state index contributed by atoms with van der Waals surface area (Å²) >= 11 is 5.84. The number of nitrogens with zero attached hydrogens (tertiary/aromatic N) is 1. The molecule has 0 aromatic heterocycles. The second kappa shape index (κ2) is 9.77. The number of halogens is 1. The van der Waals surface area contributed by atoms with Gasteiger partial charge in [0.2, 0.25) is 15.9 Å². The van der Waals surface area contributed by atoms with E-state index in [9.17, 15) is 13.2 Å². The fraction of sp³-hybridized carbons (Fsp3) is 0.316. The second-order valence-corrected chi connectivity index (χ2v) is 8.19. The molecule has 28 heavy (non-hydrogen) atoms. The van der Waals surface area contributed by atoms with Crippen molar-refractivity contribution in [3.63, 3.8) is 0 Å². The SMILES string of the molecule is CCN(CC(=O)NCc1ccc(Cl)cc1)S(=O)(=O)c1cc(OC)ccc1OC. The molecule has 0 aliphatic heterocycles. The molecule has 0 atom stereocenters. The topological polar surface area (TPSA) is 84.9 Å². The number of hydrogen-bond acceptors (Lipinski definition) is 5. The van der Waals surface area contributed by atoms with Crippen LogP contribution in [0.5, 0.6) is 11.5 Å². The van der Waals surface area contributed by atoms with Crippen LogP contribution < -0.4 is 14.8 Å². The number of likely N-dealkylation sites (N-methyl/N-ethyl adjacent to an activating group) is 1. The Morgan fingerprint density at radius 1 is 1.11 bits per heavy atom. The normalized spacial score (nSPS) is 11.3. The van der Waals surface area contributed by atoms with E-state index in [1.54, 1.807) is 37.3 Å². The van der Waals surface area contributed by atoms with Crippen molar-refractivity contribution >= 4 is 27.5 Å². The highest BCUT2D eigenvalue weighted by molar-refractivity contribution is 7.89. The molecule has 1 amide bonds. The summed E-state index contributed by atoms with van der Waals surface area (Å²) in [7, 11) is -1.13. The molecule has 0 spiro atoms. The molecule has 2 aromatic carbocycles. The number of carbonyl (C=O) groups excluding carboxylic acids is 1. The molecule has 2 rings (SSSR count). The van der Waals surface area contributed by atoms with Crippen LogP contribution in [0.4, 0.5) is 0 Å². The van der Waals surface area contributed by atoms with Crippen molar-refractivity contribution in [3.05, 3.63) is 53.1 Å². The first-order valence-electron chi connectivity index (χ1n) is 8.55. The molecule has 152 valence electrons. The largest absolute Gasteiger partial charge is 0.497 e. The monoisotopic (exact) mass is 426 g/mol. The standard InChI is InChI=1S/C19H23ClN2O5S/c1-4-22(13-19(23)21-12-14-5-7-15(20)8-6-14)28(24,25)18-11-16(26-2)9-10-17(18)27-3/h5-11H,4,12-13H2,1-3H3,(H,21,23). The molecule has 0 heterocycles. The fourth-order valence-corrected chi connectivity index (χ4v) is 4.21. The van der Waals surface area contributed by atoms with Crippen LogP contribution in [0.3, 0.4) is 0 Å². The molecular weight excluding hydrogens is 404 g/mol.